The van der Waals surface area contributed by atoms with Gasteiger partial charge in [0.2, 0.25) is 5.91 Å². The lowest BCUT2D eigenvalue weighted by Gasteiger charge is -2.30. The molecular weight excluding hydrogens is 224 g/mol. The average molecular weight is 244 g/mol. The van der Waals surface area contributed by atoms with Gasteiger partial charge in [-0.2, -0.15) is 0 Å². The van der Waals surface area contributed by atoms with Crippen LogP contribution in [0.5, 0.6) is 0 Å². The summed E-state index contributed by atoms with van der Waals surface area (Å²) in [6, 6.07) is 8.65. The van der Waals surface area contributed by atoms with Crippen LogP contribution in [0.15, 0.2) is 24.3 Å². The van der Waals surface area contributed by atoms with E-state index in [2.05, 4.69) is 34.9 Å². The number of carbonyl (C=O) groups excluding carboxylic acids is 1. The van der Waals surface area contributed by atoms with Crippen molar-refractivity contribution in [3.63, 3.8) is 0 Å². The summed E-state index contributed by atoms with van der Waals surface area (Å²) >= 11 is 0. The van der Waals surface area contributed by atoms with Crippen molar-refractivity contribution in [3.05, 3.63) is 35.4 Å². The summed E-state index contributed by atoms with van der Waals surface area (Å²) in [6.45, 7) is 2.65. The van der Waals surface area contributed by atoms with Gasteiger partial charge in [0.15, 0.2) is 0 Å². The number of rotatable bonds is 6. The molecule has 0 spiro atoms. The summed E-state index contributed by atoms with van der Waals surface area (Å²) in [5.74, 6) is 1.23. The molecule has 1 saturated carbocycles. The smallest absolute Gasteiger partial charge is 0.223 e. The molecule has 2 aliphatic carbocycles. The fourth-order valence-corrected chi connectivity index (χ4v) is 2.59. The fraction of sp³-hybridized carbons (Fsp3) is 0.533. The van der Waals surface area contributed by atoms with Gasteiger partial charge in [0.05, 0.1) is 0 Å². The van der Waals surface area contributed by atoms with E-state index in [-0.39, 0.29) is 5.91 Å². The highest BCUT2D eigenvalue weighted by Gasteiger charge is 2.29. The number of hydrogen-bond acceptors (Lipinski definition) is 2. The van der Waals surface area contributed by atoms with Crippen LogP contribution in [0.1, 0.15) is 29.9 Å². The van der Waals surface area contributed by atoms with Gasteiger partial charge in [-0.15, -0.1) is 0 Å². The molecule has 3 rings (SSSR count). The molecule has 1 unspecified atom stereocenters. The highest BCUT2D eigenvalue weighted by molar-refractivity contribution is 5.80. The molecule has 0 aromatic heterocycles. The van der Waals surface area contributed by atoms with Gasteiger partial charge in [0.25, 0.3) is 0 Å². The maximum Gasteiger partial charge on any atom is 0.223 e. The van der Waals surface area contributed by atoms with Crippen LogP contribution in [0.25, 0.3) is 0 Å². The van der Waals surface area contributed by atoms with Crippen LogP contribution in [0.3, 0.4) is 0 Å². The van der Waals surface area contributed by atoms with E-state index in [9.17, 15) is 4.79 Å². The van der Waals surface area contributed by atoms with Gasteiger partial charge in [-0.05, 0) is 30.4 Å². The lowest BCUT2D eigenvalue weighted by molar-refractivity contribution is -0.122. The van der Waals surface area contributed by atoms with Gasteiger partial charge in [-0.1, -0.05) is 24.3 Å². The first-order valence-electron chi connectivity index (χ1n) is 6.91. The predicted octanol–water partition coefficient (Wildman–Crippen LogP) is 1.44. The molecule has 1 fully saturated rings. The summed E-state index contributed by atoms with van der Waals surface area (Å²) in [4.78, 5) is 11.4. The van der Waals surface area contributed by atoms with Crippen LogP contribution >= 0.6 is 0 Å². The summed E-state index contributed by atoms with van der Waals surface area (Å²) in [7, 11) is 0. The number of amides is 1. The Balaban J connectivity index is 1.31. The Labute approximate surface area is 108 Å². The minimum Gasteiger partial charge on any atom is -0.355 e. The van der Waals surface area contributed by atoms with Crippen LogP contribution < -0.4 is 10.6 Å². The van der Waals surface area contributed by atoms with Crippen molar-refractivity contribution >= 4 is 5.91 Å². The van der Waals surface area contributed by atoms with E-state index >= 15 is 0 Å². The molecule has 18 heavy (non-hydrogen) atoms. The summed E-state index contributed by atoms with van der Waals surface area (Å²) in [5.41, 5.74) is 2.98. The van der Waals surface area contributed by atoms with Crippen molar-refractivity contribution in [2.75, 3.05) is 19.6 Å². The second kappa shape index (κ2) is 5.11. The predicted molar refractivity (Wildman–Crippen MR) is 71.5 cm³/mol. The lowest BCUT2D eigenvalue weighted by atomic mass is 9.78. The first kappa shape index (κ1) is 11.7. The second-order valence-corrected chi connectivity index (χ2v) is 5.37. The van der Waals surface area contributed by atoms with Crippen molar-refractivity contribution < 1.29 is 4.79 Å². The molecule has 0 saturated heterocycles. The lowest BCUT2D eigenvalue weighted by Crippen LogP contribution is -2.36. The van der Waals surface area contributed by atoms with Gasteiger partial charge >= 0.3 is 0 Å². The number of carbonyl (C=O) groups is 1. The third-order valence-electron chi connectivity index (χ3n) is 3.90. The zero-order chi connectivity index (χ0) is 12.4. The molecule has 3 heteroatoms. The Morgan fingerprint density at radius 1 is 1.22 bits per heavy atom. The molecule has 1 aromatic carbocycles. The Bertz CT molecular complexity index is 440. The van der Waals surface area contributed by atoms with E-state index in [0.717, 1.165) is 32.5 Å². The molecule has 1 aromatic rings. The van der Waals surface area contributed by atoms with Gasteiger partial charge in [0.1, 0.15) is 0 Å². The van der Waals surface area contributed by atoms with E-state index in [1.165, 1.54) is 17.5 Å². The van der Waals surface area contributed by atoms with E-state index in [4.69, 9.17) is 0 Å². The minimum atomic E-state index is 0.241. The van der Waals surface area contributed by atoms with Gasteiger partial charge in [-0.25, -0.2) is 0 Å². The van der Waals surface area contributed by atoms with Crippen molar-refractivity contribution in [3.8, 4) is 0 Å². The molecule has 0 aliphatic heterocycles. The van der Waals surface area contributed by atoms with Gasteiger partial charge in [-0.3, -0.25) is 4.79 Å². The second-order valence-electron chi connectivity index (χ2n) is 5.37. The van der Waals surface area contributed by atoms with Gasteiger partial charge < -0.3 is 10.6 Å². The van der Waals surface area contributed by atoms with Crippen molar-refractivity contribution in [1.82, 2.24) is 10.6 Å². The molecule has 1 atom stereocenters. The molecule has 2 N–H and O–H groups in total. The normalized spacial score (nSPS) is 21.0. The third-order valence-corrected chi connectivity index (χ3v) is 3.90. The van der Waals surface area contributed by atoms with E-state index in [0.29, 0.717) is 11.8 Å². The Hall–Kier alpha value is -1.35. The Kier molecular flexibility index (Phi) is 3.33. The monoisotopic (exact) mass is 244 g/mol. The maximum atomic E-state index is 11.4. The molecule has 3 nitrogen and oxygen atoms in total. The quantitative estimate of drug-likeness (QED) is 0.744. The fourth-order valence-electron chi connectivity index (χ4n) is 2.59. The van der Waals surface area contributed by atoms with E-state index < -0.39 is 0 Å². The topological polar surface area (TPSA) is 41.1 Å². The van der Waals surface area contributed by atoms with Gasteiger partial charge in [0, 0.05) is 31.5 Å². The maximum absolute atomic E-state index is 11.4. The summed E-state index contributed by atoms with van der Waals surface area (Å²) in [6.07, 6.45) is 3.36. The molecule has 1 amide bonds. The van der Waals surface area contributed by atoms with E-state index in [1.54, 1.807) is 0 Å². The Morgan fingerprint density at radius 2 is 2.06 bits per heavy atom. The molecule has 0 radical (unpaired) electrons. The van der Waals surface area contributed by atoms with Crippen LogP contribution in [-0.4, -0.2) is 25.5 Å². The van der Waals surface area contributed by atoms with Crippen molar-refractivity contribution in [2.45, 2.75) is 25.2 Å². The first-order valence-corrected chi connectivity index (χ1v) is 6.91. The standard InChI is InChI=1S/C15H20N2O/c18-15(11-5-6-11)17-8-7-16-10-13-9-12-3-1-2-4-14(12)13/h1-4,11,13,16H,5-10H2,(H,17,18). The largest absolute Gasteiger partial charge is 0.355 e. The summed E-state index contributed by atoms with van der Waals surface area (Å²) in [5, 5.41) is 6.40. The molecule has 96 valence electrons. The van der Waals surface area contributed by atoms with Crippen molar-refractivity contribution in [2.24, 2.45) is 5.92 Å². The SMILES string of the molecule is O=C(NCCNCC1Cc2ccccc21)C1CC1. The highest BCUT2D eigenvalue weighted by atomic mass is 16.2. The minimum absolute atomic E-state index is 0.241. The molecule has 2 aliphatic rings. The average Bonchev–Trinajstić information content (AvgIpc) is 3.18. The third kappa shape index (κ3) is 2.56. The molecule has 0 bridgehead atoms. The number of nitrogens with one attached hydrogen (secondary N) is 2. The zero-order valence-electron chi connectivity index (χ0n) is 10.6. The molecule has 0 heterocycles. The number of fused-ring (bicyclic) bond motifs is 1. The Morgan fingerprint density at radius 3 is 2.83 bits per heavy atom. The number of hydrogen-bond donors (Lipinski definition) is 2. The van der Waals surface area contributed by atoms with E-state index in [1.807, 2.05) is 0 Å². The van der Waals surface area contributed by atoms with Crippen LogP contribution in [0.2, 0.25) is 0 Å². The first-order chi connectivity index (χ1) is 8.84. The number of benzene rings is 1. The summed E-state index contributed by atoms with van der Waals surface area (Å²) < 4.78 is 0. The van der Waals surface area contributed by atoms with Crippen LogP contribution in [0.4, 0.5) is 0 Å². The van der Waals surface area contributed by atoms with Crippen LogP contribution in [-0.2, 0) is 11.2 Å². The zero-order valence-corrected chi connectivity index (χ0v) is 10.6. The highest BCUT2D eigenvalue weighted by Crippen LogP contribution is 2.33. The van der Waals surface area contributed by atoms with Crippen LogP contribution in [0, 0.1) is 5.92 Å². The van der Waals surface area contributed by atoms with Crippen molar-refractivity contribution in [1.29, 1.82) is 0 Å². The molecular formula is C15H20N2O.